The smallest absolute Gasteiger partial charge is 0.151 e. The van der Waals surface area contributed by atoms with E-state index < -0.39 is 0 Å². The lowest BCUT2D eigenvalue weighted by molar-refractivity contribution is 0.584. The Hall–Kier alpha value is -1.32. The third kappa shape index (κ3) is 2.34. The summed E-state index contributed by atoms with van der Waals surface area (Å²) in [6, 6.07) is 4.20. The summed E-state index contributed by atoms with van der Waals surface area (Å²) < 4.78 is 0. The van der Waals surface area contributed by atoms with E-state index in [9.17, 15) is 0 Å². The van der Waals surface area contributed by atoms with Crippen LogP contribution in [0.4, 0.5) is 11.6 Å². The molecule has 1 heterocycles. The number of nitrogens with two attached hydrogens (primary N) is 1. The minimum absolute atomic E-state index is 0.465. The number of hydrogen-bond donors (Lipinski definition) is 1. The molecule has 0 aliphatic carbocycles. The summed E-state index contributed by atoms with van der Waals surface area (Å²) in [5.41, 5.74) is 5.48. The van der Waals surface area contributed by atoms with Gasteiger partial charge >= 0.3 is 0 Å². The molecule has 0 bridgehead atoms. The highest BCUT2D eigenvalue weighted by atomic mass is 15.3. The van der Waals surface area contributed by atoms with Gasteiger partial charge in [0, 0.05) is 13.1 Å². The molecule has 2 N–H and O–H groups in total. The maximum atomic E-state index is 5.48. The van der Waals surface area contributed by atoms with Crippen LogP contribution in [-0.2, 0) is 0 Å². The van der Waals surface area contributed by atoms with Crippen molar-refractivity contribution < 1.29 is 0 Å². The lowest BCUT2D eigenvalue weighted by Crippen LogP contribution is -2.31. The van der Waals surface area contributed by atoms with Gasteiger partial charge < -0.3 is 10.6 Å². The van der Waals surface area contributed by atoms with Crippen molar-refractivity contribution in [3.63, 3.8) is 0 Å². The molecular weight excluding hydrogens is 176 g/mol. The van der Waals surface area contributed by atoms with E-state index in [-0.39, 0.29) is 0 Å². The lowest BCUT2D eigenvalue weighted by atomic mass is 10.1. The summed E-state index contributed by atoms with van der Waals surface area (Å²) in [5.74, 6) is 1.35. The summed E-state index contributed by atoms with van der Waals surface area (Å²) in [6.07, 6.45) is 2.22. The molecule has 78 valence electrons. The molecule has 0 aromatic carbocycles. The lowest BCUT2D eigenvalue weighted by Gasteiger charge is -2.26. The van der Waals surface area contributed by atoms with Gasteiger partial charge in [0.05, 0.1) is 0 Å². The van der Waals surface area contributed by atoms with Crippen molar-refractivity contribution in [2.45, 2.75) is 32.7 Å². The van der Waals surface area contributed by atoms with Gasteiger partial charge in [-0.05, 0) is 25.0 Å². The van der Waals surface area contributed by atoms with E-state index in [0.29, 0.717) is 11.9 Å². The van der Waals surface area contributed by atoms with Gasteiger partial charge in [-0.25, -0.2) is 0 Å². The van der Waals surface area contributed by atoms with Gasteiger partial charge in [0.25, 0.3) is 0 Å². The van der Waals surface area contributed by atoms with E-state index in [2.05, 4.69) is 28.9 Å². The van der Waals surface area contributed by atoms with Crippen molar-refractivity contribution in [3.05, 3.63) is 12.1 Å². The second kappa shape index (κ2) is 4.79. The number of anilines is 2. The predicted molar refractivity (Wildman–Crippen MR) is 59.2 cm³/mol. The normalized spacial score (nSPS) is 10.6. The van der Waals surface area contributed by atoms with E-state index >= 15 is 0 Å². The van der Waals surface area contributed by atoms with Crippen LogP contribution in [0.1, 0.15) is 26.7 Å². The highest BCUT2D eigenvalue weighted by molar-refractivity contribution is 5.41. The van der Waals surface area contributed by atoms with Crippen LogP contribution in [0.25, 0.3) is 0 Å². The second-order valence-electron chi connectivity index (χ2n) is 3.40. The van der Waals surface area contributed by atoms with Crippen molar-refractivity contribution in [3.8, 4) is 0 Å². The third-order valence-electron chi connectivity index (χ3n) is 2.52. The standard InChI is InChI=1S/C10H18N4/c1-4-8(5-2)14(3)10-7-6-9(11)12-13-10/h6-8H,4-5H2,1-3H3,(H2,11,12). The van der Waals surface area contributed by atoms with Crippen molar-refractivity contribution >= 4 is 11.6 Å². The maximum absolute atomic E-state index is 5.48. The first-order chi connectivity index (χ1) is 6.69. The molecule has 0 unspecified atom stereocenters. The molecule has 0 atom stereocenters. The van der Waals surface area contributed by atoms with E-state index in [1.165, 1.54) is 0 Å². The Kier molecular flexibility index (Phi) is 3.68. The van der Waals surface area contributed by atoms with Crippen LogP contribution in [0.3, 0.4) is 0 Å². The van der Waals surface area contributed by atoms with Gasteiger partial charge in [-0.1, -0.05) is 13.8 Å². The summed E-state index contributed by atoms with van der Waals surface area (Å²) >= 11 is 0. The molecule has 0 saturated carbocycles. The first-order valence-electron chi connectivity index (χ1n) is 5.01. The Bertz CT molecular complexity index is 266. The van der Waals surface area contributed by atoms with Crippen molar-refractivity contribution in [2.24, 2.45) is 0 Å². The summed E-state index contributed by atoms with van der Waals surface area (Å²) in [5, 5.41) is 7.88. The van der Waals surface area contributed by atoms with E-state index in [1.54, 1.807) is 6.07 Å². The molecule has 1 aromatic heterocycles. The quantitative estimate of drug-likeness (QED) is 0.792. The van der Waals surface area contributed by atoms with Crippen molar-refractivity contribution in [1.29, 1.82) is 0 Å². The molecule has 4 nitrogen and oxygen atoms in total. The Labute approximate surface area is 85.1 Å². The number of rotatable bonds is 4. The van der Waals surface area contributed by atoms with Gasteiger partial charge in [0.2, 0.25) is 0 Å². The van der Waals surface area contributed by atoms with Crippen LogP contribution in [-0.4, -0.2) is 23.3 Å². The van der Waals surface area contributed by atoms with E-state index in [1.807, 2.05) is 13.1 Å². The van der Waals surface area contributed by atoms with Crippen LogP contribution in [0.2, 0.25) is 0 Å². The van der Waals surface area contributed by atoms with Crippen LogP contribution in [0, 0.1) is 0 Å². The molecule has 14 heavy (non-hydrogen) atoms. The van der Waals surface area contributed by atoms with Gasteiger partial charge in [-0.2, -0.15) is 0 Å². The monoisotopic (exact) mass is 194 g/mol. The van der Waals surface area contributed by atoms with Gasteiger partial charge in [0.15, 0.2) is 5.82 Å². The highest BCUT2D eigenvalue weighted by Gasteiger charge is 2.11. The minimum atomic E-state index is 0.465. The van der Waals surface area contributed by atoms with Gasteiger partial charge in [-0.15, -0.1) is 10.2 Å². The third-order valence-corrected chi connectivity index (χ3v) is 2.52. The first-order valence-corrected chi connectivity index (χ1v) is 5.01. The van der Waals surface area contributed by atoms with Crippen LogP contribution in [0.15, 0.2) is 12.1 Å². The Morgan fingerprint density at radius 3 is 2.36 bits per heavy atom. The number of nitrogen functional groups attached to an aromatic ring is 1. The topological polar surface area (TPSA) is 55.0 Å². The second-order valence-corrected chi connectivity index (χ2v) is 3.40. The minimum Gasteiger partial charge on any atom is -0.382 e. The fraction of sp³-hybridized carbons (Fsp3) is 0.600. The Balaban J connectivity index is 2.77. The fourth-order valence-corrected chi connectivity index (χ4v) is 1.55. The maximum Gasteiger partial charge on any atom is 0.151 e. The van der Waals surface area contributed by atoms with E-state index in [4.69, 9.17) is 5.73 Å². The largest absolute Gasteiger partial charge is 0.382 e. The van der Waals surface area contributed by atoms with Gasteiger partial charge in [-0.3, -0.25) is 0 Å². The summed E-state index contributed by atoms with van der Waals surface area (Å²) in [6.45, 7) is 4.35. The molecule has 0 amide bonds. The molecule has 0 saturated heterocycles. The highest BCUT2D eigenvalue weighted by Crippen LogP contribution is 2.15. The first kappa shape index (κ1) is 10.8. The SMILES string of the molecule is CCC(CC)N(C)c1ccc(N)nn1. The zero-order valence-corrected chi connectivity index (χ0v) is 9.07. The molecule has 0 aliphatic heterocycles. The average Bonchev–Trinajstić information content (AvgIpc) is 2.20. The van der Waals surface area contributed by atoms with Crippen molar-refractivity contribution in [1.82, 2.24) is 10.2 Å². The number of nitrogens with zero attached hydrogens (tertiary/aromatic N) is 3. The molecule has 1 aromatic rings. The molecule has 0 radical (unpaired) electrons. The Morgan fingerprint density at radius 2 is 1.93 bits per heavy atom. The fourth-order valence-electron chi connectivity index (χ4n) is 1.55. The summed E-state index contributed by atoms with van der Waals surface area (Å²) in [4.78, 5) is 2.15. The predicted octanol–water partition coefficient (Wildman–Crippen LogP) is 1.68. The molecular formula is C10H18N4. The molecule has 0 fully saturated rings. The van der Waals surface area contributed by atoms with Crippen LogP contribution < -0.4 is 10.6 Å². The number of aromatic nitrogens is 2. The zero-order chi connectivity index (χ0) is 10.6. The van der Waals surface area contributed by atoms with Crippen LogP contribution >= 0.6 is 0 Å². The zero-order valence-electron chi connectivity index (χ0n) is 9.07. The Morgan fingerprint density at radius 1 is 1.29 bits per heavy atom. The van der Waals surface area contributed by atoms with Crippen LogP contribution in [0.5, 0.6) is 0 Å². The molecule has 0 aliphatic rings. The summed E-state index contributed by atoms with van der Waals surface area (Å²) in [7, 11) is 2.04. The molecule has 4 heteroatoms. The van der Waals surface area contributed by atoms with Gasteiger partial charge in [0.1, 0.15) is 5.82 Å². The average molecular weight is 194 g/mol. The molecule has 1 rings (SSSR count). The van der Waals surface area contributed by atoms with E-state index in [0.717, 1.165) is 18.7 Å². The van der Waals surface area contributed by atoms with Crippen molar-refractivity contribution in [2.75, 3.05) is 17.7 Å². The molecule has 0 spiro atoms. The number of hydrogen-bond acceptors (Lipinski definition) is 4.